The lowest BCUT2D eigenvalue weighted by molar-refractivity contribution is 0.0951. The Labute approximate surface area is 197 Å². The van der Waals surface area contributed by atoms with Crippen LogP contribution in [0.3, 0.4) is 0 Å². The zero-order valence-corrected chi connectivity index (χ0v) is 18.9. The van der Waals surface area contributed by atoms with E-state index in [4.69, 9.17) is 0 Å². The first-order valence-electron chi connectivity index (χ1n) is 10.7. The first-order chi connectivity index (χ1) is 16.5. The van der Waals surface area contributed by atoms with Crippen LogP contribution in [0.1, 0.15) is 15.9 Å². The van der Waals surface area contributed by atoms with Gasteiger partial charge in [0.05, 0.1) is 10.4 Å². The number of aromatic nitrogens is 2. The summed E-state index contributed by atoms with van der Waals surface area (Å²) in [6, 6.07) is 26.7. The van der Waals surface area contributed by atoms with Crippen LogP contribution in [0.5, 0.6) is 0 Å². The maximum Gasteiger partial charge on any atom is 0.268 e. The van der Waals surface area contributed by atoms with E-state index in [0.717, 1.165) is 22.1 Å². The van der Waals surface area contributed by atoms with E-state index in [0.29, 0.717) is 17.6 Å². The maximum atomic E-state index is 13.5. The van der Waals surface area contributed by atoms with Gasteiger partial charge in [0.1, 0.15) is 0 Å². The molecule has 3 aromatic carbocycles. The van der Waals surface area contributed by atoms with Crippen molar-refractivity contribution in [1.82, 2.24) is 14.3 Å². The molecule has 168 valence electrons. The number of carbonyl (C=O) groups is 1. The van der Waals surface area contributed by atoms with Crippen molar-refractivity contribution >= 4 is 26.8 Å². The van der Waals surface area contributed by atoms with Gasteiger partial charge in [-0.2, -0.15) is 0 Å². The van der Waals surface area contributed by atoms with Gasteiger partial charge in [-0.05, 0) is 53.6 Å². The van der Waals surface area contributed by atoms with Crippen molar-refractivity contribution in [1.29, 1.82) is 0 Å². The van der Waals surface area contributed by atoms with Crippen molar-refractivity contribution in [2.45, 2.75) is 11.4 Å². The second-order valence-corrected chi connectivity index (χ2v) is 9.60. The molecule has 6 nitrogen and oxygen atoms in total. The molecule has 0 radical (unpaired) electrons. The average molecular weight is 468 g/mol. The standard InChI is InChI=1S/C27H21N3O3S/c31-27(29-18-20-14-16-28-17-15-20)22-10-12-23(13-11-22)34(32,33)30-19-25(21-6-2-1-3-7-21)24-8-4-5-9-26(24)30/h1-17,19H,18H2,(H,29,31). The van der Waals surface area contributed by atoms with E-state index in [1.165, 1.54) is 28.2 Å². The average Bonchev–Trinajstić information content (AvgIpc) is 3.29. The highest BCUT2D eigenvalue weighted by molar-refractivity contribution is 7.90. The Hall–Kier alpha value is -4.23. The second kappa shape index (κ2) is 8.96. The fourth-order valence-corrected chi connectivity index (χ4v) is 5.24. The SMILES string of the molecule is O=C(NCc1ccncc1)c1ccc(S(=O)(=O)n2cc(-c3ccccc3)c3ccccc32)cc1. The van der Waals surface area contributed by atoms with Crippen molar-refractivity contribution in [3.8, 4) is 11.1 Å². The molecule has 0 fully saturated rings. The Balaban J connectivity index is 1.45. The van der Waals surface area contributed by atoms with E-state index < -0.39 is 10.0 Å². The molecule has 0 saturated heterocycles. The fourth-order valence-electron chi connectivity index (χ4n) is 3.87. The van der Waals surface area contributed by atoms with Gasteiger partial charge in [-0.1, -0.05) is 48.5 Å². The number of nitrogens with zero attached hydrogens (tertiary/aromatic N) is 2. The molecule has 0 aliphatic heterocycles. The molecule has 7 heteroatoms. The molecule has 0 atom stereocenters. The lowest BCUT2D eigenvalue weighted by Gasteiger charge is -2.09. The van der Waals surface area contributed by atoms with Gasteiger partial charge < -0.3 is 5.32 Å². The van der Waals surface area contributed by atoms with Crippen molar-refractivity contribution in [2.75, 3.05) is 0 Å². The summed E-state index contributed by atoms with van der Waals surface area (Å²) in [6.45, 7) is 0.360. The molecule has 5 rings (SSSR count). The molecule has 5 aromatic rings. The largest absolute Gasteiger partial charge is 0.348 e. The van der Waals surface area contributed by atoms with E-state index in [1.54, 1.807) is 24.7 Å². The van der Waals surface area contributed by atoms with Crippen LogP contribution in [0.2, 0.25) is 0 Å². The molecule has 0 aliphatic rings. The summed E-state index contributed by atoms with van der Waals surface area (Å²) in [6.07, 6.45) is 4.98. The van der Waals surface area contributed by atoms with E-state index >= 15 is 0 Å². The van der Waals surface area contributed by atoms with Gasteiger partial charge in [-0.3, -0.25) is 9.78 Å². The molecular weight excluding hydrogens is 446 g/mol. The molecule has 1 amide bonds. The number of rotatable bonds is 6. The number of para-hydroxylation sites is 1. The molecular formula is C27H21N3O3S. The number of benzene rings is 3. The Morgan fingerprint density at radius 1 is 0.824 bits per heavy atom. The van der Waals surface area contributed by atoms with Crippen LogP contribution in [0.25, 0.3) is 22.0 Å². The van der Waals surface area contributed by atoms with E-state index in [-0.39, 0.29) is 10.8 Å². The quantitative estimate of drug-likeness (QED) is 0.386. The van der Waals surface area contributed by atoms with Crippen LogP contribution in [0.15, 0.2) is 114 Å². The highest BCUT2D eigenvalue weighted by Gasteiger charge is 2.22. The number of amides is 1. The molecule has 0 saturated carbocycles. The lowest BCUT2D eigenvalue weighted by atomic mass is 10.1. The fraction of sp³-hybridized carbons (Fsp3) is 0.0370. The number of nitrogens with one attached hydrogen (secondary N) is 1. The second-order valence-electron chi connectivity index (χ2n) is 7.79. The number of hydrogen-bond donors (Lipinski definition) is 1. The molecule has 0 spiro atoms. The van der Waals surface area contributed by atoms with Gasteiger partial charge >= 0.3 is 0 Å². The Morgan fingerprint density at radius 3 is 2.24 bits per heavy atom. The zero-order valence-electron chi connectivity index (χ0n) is 18.1. The predicted molar refractivity (Wildman–Crippen MR) is 132 cm³/mol. The van der Waals surface area contributed by atoms with Crippen LogP contribution in [0.4, 0.5) is 0 Å². The van der Waals surface area contributed by atoms with Gasteiger partial charge in [0, 0.05) is 41.6 Å². The minimum absolute atomic E-state index is 0.110. The van der Waals surface area contributed by atoms with Gasteiger partial charge in [0.15, 0.2) is 0 Å². The summed E-state index contributed by atoms with van der Waals surface area (Å²) < 4.78 is 28.4. The van der Waals surface area contributed by atoms with E-state index in [2.05, 4.69) is 10.3 Å². The normalized spacial score (nSPS) is 11.4. The summed E-state index contributed by atoms with van der Waals surface area (Å²) >= 11 is 0. The molecule has 0 aliphatic carbocycles. The van der Waals surface area contributed by atoms with Crippen molar-refractivity contribution in [3.63, 3.8) is 0 Å². The first-order valence-corrected chi connectivity index (χ1v) is 12.2. The number of hydrogen-bond acceptors (Lipinski definition) is 4. The van der Waals surface area contributed by atoms with Gasteiger partial charge in [0.25, 0.3) is 15.9 Å². The third kappa shape index (κ3) is 4.09. The summed E-state index contributed by atoms with van der Waals surface area (Å²) in [5.74, 6) is -0.279. The van der Waals surface area contributed by atoms with Crippen LogP contribution in [-0.2, 0) is 16.6 Å². The summed E-state index contributed by atoms with van der Waals surface area (Å²) in [7, 11) is -3.87. The van der Waals surface area contributed by atoms with Crippen LogP contribution >= 0.6 is 0 Å². The Bertz CT molecular complexity index is 1560. The van der Waals surface area contributed by atoms with Crippen molar-refractivity contribution < 1.29 is 13.2 Å². The van der Waals surface area contributed by atoms with Crippen molar-refractivity contribution in [3.05, 3.63) is 121 Å². The topological polar surface area (TPSA) is 81.1 Å². The first kappa shape index (κ1) is 21.6. The smallest absolute Gasteiger partial charge is 0.268 e. The Kier molecular flexibility index (Phi) is 5.69. The highest BCUT2D eigenvalue weighted by atomic mass is 32.2. The number of pyridine rings is 1. The molecule has 34 heavy (non-hydrogen) atoms. The monoisotopic (exact) mass is 467 g/mol. The van der Waals surface area contributed by atoms with Crippen molar-refractivity contribution in [2.24, 2.45) is 0 Å². The maximum absolute atomic E-state index is 13.5. The number of carbonyl (C=O) groups excluding carboxylic acids is 1. The molecule has 2 heterocycles. The molecule has 1 N–H and O–H groups in total. The lowest BCUT2D eigenvalue weighted by Crippen LogP contribution is -2.22. The third-order valence-corrected chi connectivity index (χ3v) is 7.33. The summed E-state index contributed by atoms with van der Waals surface area (Å²) in [5, 5.41) is 3.68. The third-order valence-electron chi connectivity index (χ3n) is 5.64. The van der Waals surface area contributed by atoms with Crippen LogP contribution < -0.4 is 5.32 Å². The summed E-state index contributed by atoms with van der Waals surface area (Å²) in [4.78, 5) is 16.6. The number of fused-ring (bicyclic) bond motifs is 1. The van der Waals surface area contributed by atoms with E-state index in [9.17, 15) is 13.2 Å². The van der Waals surface area contributed by atoms with E-state index in [1.807, 2.05) is 60.7 Å². The van der Waals surface area contributed by atoms with Gasteiger partial charge in [-0.25, -0.2) is 12.4 Å². The minimum Gasteiger partial charge on any atom is -0.348 e. The predicted octanol–water partition coefficient (Wildman–Crippen LogP) is 4.87. The molecule has 0 bridgehead atoms. The summed E-state index contributed by atoms with van der Waals surface area (Å²) in [5.41, 5.74) is 3.69. The van der Waals surface area contributed by atoms with Gasteiger partial charge in [0.2, 0.25) is 0 Å². The van der Waals surface area contributed by atoms with Crippen LogP contribution in [0, 0.1) is 0 Å². The zero-order chi connectivity index (χ0) is 23.5. The molecule has 0 unspecified atom stereocenters. The highest BCUT2D eigenvalue weighted by Crippen LogP contribution is 2.32. The van der Waals surface area contributed by atoms with Crippen LogP contribution in [-0.4, -0.2) is 23.3 Å². The minimum atomic E-state index is -3.87. The molecule has 2 aromatic heterocycles. The Morgan fingerprint density at radius 2 is 1.50 bits per heavy atom. The van der Waals surface area contributed by atoms with Gasteiger partial charge in [-0.15, -0.1) is 0 Å².